The maximum Gasteiger partial charge on any atom is 0.310 e. The molecule has 0 radical (unpaired) electrons. The minimum atomic E-state index is -0.409. The summed E-state index contributed by atoms with van der Waals surface area (Å²) in [6, 6.07) is 20.0. The molecule has 3 fully saturated rings. The van der Waals surface area contributed by atoms with Gasteiger partial charge in [0.15, 0.2) is 0 Å². The molecule has 42 heavy (non-hydrogen) atoms. The Balaban J connectivity index is 0.00000242. The zero-order valence-electron chi connectivity index (χ0n) is 25.3. The number of ether oxygens (including phenoxy) is 2. The summed E-state index contributed by atoms with van der Waals surface area (Å²) in [7, 11) is 4.61. The molecule has 2 heterocycles. The van der Waals surface area contributed by atoms with E-state index in [1.165, 1.54) is 51.9 Å². The largest absolute Gasteiger partial charge is 1.00 e. The van der Waals surface area contributed by atoms with E-state index in [9.17, 15) is 9.59 Å². The van der Waals surface area contributed by atoms with E-state index in [4.69, 9.17) is 9.47 Å². The molecular weight excluding hydrogens is 754 g/mol. The van der Waals surface area contributed by atoms with Crippen LogP contribution in [0.5, 0.6) is 0 Å². The Hall–Kier alpha value is -1.24. The van der Waals surface area contributed by atoms with E-state index in [2.05, 4.69) is 14.1 Å². The van der Waals surface area contributed by atoms with Crippen LogP contribution in [0.2, 0.25) is 0 Å². The molecule has 5 rings (SSSR count). The van der Waals surface area contributed by atoms with Gasteiger partial charge in [-0.05, 0) is 11.1 Å². The number of carbonyl (C=O) groups is 2. The molecule has 0 N–H and O–H groups in total. The number of likely N-dealkylation sites (tertiary alicyclic amines) is 2. The van der Waals surface area contributed by atoms with E-state index in [1.807, 2.05) is 60.7 Å². The molecule has 2 saturated heterocycles. The van der Waals surface area contributed by atoms with Gasteiger partial charge in [-0.15, -0.1) is 0 Å². The second-order valence-electron chi connectivity index (χ2n) is 13.0. The van der Waals surface area contributed by atoms with E-state index in [-0.39, 0.29) is 71.7 Å². The molecule has 6 nitrogen and oxygen atoms in total. The van der Waals surface area contributed by atoms with Crippen molar-refractivity contribution in [2.75, 3.05) is 66.6 Å². The summed E-state index contributed by atoms with van der Waals surface area (Å²) >= 11 is 0. The molecule has 0 atom stereocenters. The van der Waals surface area contributed by atoms with Crippen LogP contribution < -0.4 is 48.0 Å². The molecule has 0 unspecified atom stereocenters. The second-order valence-corrected chi connectivity index (χ2v) is 13.0. The third kappa shape index (κ3) is 8.47. The summed E-state index contributed by atoms with van der Waals surface area (Å²) in [5.41, 5.74) is 2.01. The Kier molecular flexibility index (Phi) is 13.6. The molecular formula is C34H48I2N2O4. The number of benzene rings is 2. The molecule has 2 aromatic rings. The molecule has 8 heteroatoms. The van der Waals surface area contributed by atoms with E-state index >= 15 is 0 Å². The van der Waals surface area contributed by atoms with Crippen LogP contribution in [0.1, 0.15) is 61.5 Å². The monoisotopic (exact) mass is 802 g/mol. The van der Waals surface area contributed by atoms with Crippen molar-refractivity contribution in [3.63, 3.8) is 0 Å². The molecule has 0 spiro atoms. The van der Waals surface area contributed by atoms with Crippen molar-refractivity contribution in [1.82, 2.24) is 0 Å². The topological polar surface area (TPSA) is 52.6 Å². The minimum Gasteiger partial charge on any atom is -1.00 e. The first-order valence-corrected chi connectivity index (χ1v) is 15.5. The second kappa shape index (κ2) is 16.2. The van der Waals surface area contributed by atoms with Gasteiger partial charge in [0.1, 0.15) is 0 Å². The van der Waals surface area contributed by atoms with E-state index < -0.39 is 11.8 Å². The number of halogens is 2. The zero-order chi connectivity index (χ0) is 28.0. The molecule has 1 aliphatic carbocycles. The van der Waals surface area contributed by atoms with Gasteiger partial charge in [-0.25, -0.2) is 0 Å². The quantitative estimate of drug-likeness (QED) is 0.122. The van der Waals surface area contributed by atoms with E-state index in [0.717, 1.165) is 46.0 Å². The molecule has 1 saturated carbocycles. The van der Waals surface area contributed by atoms with Crippen LogP contribution in [0.3, 0.4) is 0 Å². The summed E-state index contributed by atoms with van der Waals surface area (Å²) < 4.78 is 14.0. The molecule has 2 aromatic carbocycles. The number of carbonyl (C=O) groups excluding carboxylic acids is 2. The number of esters is 2. The molecule has 0 amide bonds. The number of hydrogen-bond donors (Lipinski definition) is 0. The summed E-state index contributed by atoms with van der Waals surface area (Å²) in [6.07, 6.45) is 6.86. The van der Waals surface area contributed by atoms with Gasteiger partial charge in [0.25, 0.3) is 0 Å². The first kappa shape index (κ1) is 35.2. The van der Waals surface area contributed by atoms with Gasteiger partial charge in [0.05, 0.1) is 78.4 Å². The van der Waals surface area contributed by atoms with Crippen molar-refractivity contribution in [3.8, 4) is 0 Å². The predicted octanol–water partition coefficient (Wildman–Crippen LogP) is -0.845. The number of rotatable bonds is 12. The summed E-state index contributed by atoms with van der Waals surface area (Å²) in [4.78, 5) is 27.4. The molecule has 3 aliphatic rings. The van der Waals surface area contributed by atoms with Gasteiger partial charge in [0, 0.05) is 50.4 Å². The smallest absolute Gasteiger partial charge is 0.310 e. The van der Waals surface area contributed by atoms with Crippen molar-refractivity contribution in [2.45, 2.75) is 50.4 Å². The molecule has 0 aromatic heterocycles. The lowest BCUT2D eigenvalue weighted by Gasteiger charge is -2.49. The third-order valence-corrected chi connectivity index (χ3v) is 9.93. The van der Waals surface area contributed by atoms with Crippen LogP contribution in [0, 0.1) is 11.8 Å². The summed E-state index contributed by atoms with van der Waals surface area (Å²) in [6.45, 7) is 7.78. The van der Waals surface area contributed by atoms with Crippen LogP contribution in [0.15, 0.2) is 60.7 Å². The average Bonchev–Trinajstić information content (AvgIpc) is 3.58. The average molecular weight is 803 g/mol. The summed E-state index contributed by atoms with van der Waals surface area (Å²) in [5, 5.41) is 0. The van der Waals surface area contributed by atoms with E-state index in [0.29, 0.717) is 13.2 Å². The first-order valence-electron chi connectivity index (χ1n) is 15.5. The lowest BCUT2D eigenvalue weighted by Crippen LogP contribution is -3.00. The van der Waals surface area contributed by atoms with Crippen LogP contribution in [-0.2, 0) is 19.1 Å². The van der Waals surface area contributed by atoms with Gasteiger partial charge in [0.2, 0.25) is 0 Å². The van der Waals surface area contributed by atoms with Gasteiger partial charge in [-0.2, -0.15) is 0 Å². The fraction of sp³-hybridized carbons (Fsp3) is 0.588. The fourth-order valence-corrected chi connectivity index (χ4v) is 7.59. The number of hydrogen-bond acceptors (Lipinski definition) is 4. The van der Waals surface area contributed by atoms with Crippen molar-refractivity contribution in [1.29, 1.82) is 0 Å². The van der Waals surface area contributed by atoms with Crippen molar-refractivity contribution in [2.24, 2.45) is 11.8 Å². The molecule has 2 aliphatic heterocycles. The number of nitrogens with zero attached hydrogens (tertiary/aromatic N) is 2. The highest BCUT2D eigenvalue weighted by molar-refractivity contribution is 5.85. The van der Waals surface area contributed by atoms with Crippen LogP contribution >= 0.6 is 0 Å². The highest BCUT2D eigenvalue weighted by atomic mass is 127. The van der Waals surface area contributed by atoms with Crippen molar-refractivity contribution >= 4 is 11.9 Å². The van der Waals surface area contributed by atoms with Crippen molar-refractivity contribution in [3.05, 3.63) is 71.8 Å². The first-order chi connectivity index (χ1) is 19.4. The Morgan fingerprint density at radius 2 is 0.952 bits per heavy atom. The Labute approximate surface area is 286 Å². The van der Waals surface area contributed by atoms with Gasteiger partial charge < -0.3 is 66.4 Å². The van der Waals surface area contributed by atoms with Crippen LogP contribution in [-0.4, -0.2) is 87.5 Å². The van der Waals surface area contributed by atoms with Crippen molar-refractivity contribution < 1.29 is 76.0 Å². The maximum absolute atomic E-state index is 13.7. The zero-order valence-corrected chi connectivity index (χ0v) is 29.6. The van der Waals surface area contributed by atoms with Gasteiger partial charge in [-0.1, -0.05) is 60.7 Å². The summed E-state index contributed by atoms with van der Waals surface area (Å²) in [5.74, 6) is -1.71. The third-order valence-electron chi connectivity index (χ3n) is 9.93. The predicted molar refractivity (Wildman–Crippen MR) is 157 cm³/mol. The normalized spacial score (nSPS) is 25.4. The highest BCUT2D eigenvalue weighted by Gasteiger charge is 2.59. The maximum atomic E-state index is 13.7. The van der Waals surface area contributed by atoms with Gasteiger partial charge >= 0.3 is 11.9 Å². The highest BCUT2D eigenvalue weighted by Crippen LogP contribution is 2.58. The Morgan fingerprint density at radius 3 is 1.29 bits per heavy atom. The fourth-order valence-electron chi connectivity index (χ4n) is 7.59. The Morgan fingerprint density at radius 1 is 0.619 bits per heavy atom. The SMILES string of the molecule is C[N+]1(CCCOC(=O)C2C(c3ccccc3)C(C(=O)OCCC[N+]3(C)CCCC3)C2c2ccccc2)CCCC1.[I-].[I-]. The standard InChI is InChI=1S/C34H48N2O4.2HI/c1-35(19-9-10-20-35)23-13-25-39-33(37)31-29(27-15-5-3-6-16-27)32(30(31)28-17-7-4-8-18-28)34(38)40-26-14-24-36(2)21-11-12-22-36;;/h3-8,15-18,29-32H,9-14,19-26H2,1-2H3;2*1H/q+2;;/p-2. The van der Waals surface area contributed by atoms with E-state index in [1.54, 1.807) is 0 Å². The minimum absolute atomic E-state index is 0. The molecule has 0 bridgehead atoms. The number of quaternary nitrogens is 2. The van der Waals surface area contributed by atoms with Crippen LogP contribution in [0.4, 0.5) is 0 Å². The van der Waals surface area contributed by atoms with Crippen LogP contribution in [0.25, 0.3) is 0 Å². The lowest BCUT2D eigenvalue weighted by molar-refractivity contribution is -0.897. The van der Waals surface area contributed by atoms with Gasteiger partial charge in [-0.3, -0.25) is 9.59 Å². The molecule has 232 valence electrons. The lowest BCUT2D eigenvalue weighted by atomic mass is 9.52. The Bertz CT molecular complexity index is 1020.